The SMILES string of the molecule is C=CCCOC(=O)N(CCC)[C@H]1CC(=NOC2CCCCO2)C2=C[C@H](CCCCO)[C@@H](CCCCO)[C@@H]3c4cc(Oc5ccc(SC)cc5)ccc4O[C@@]1(OCC=C)[C@H]23. The lowest BCUT2D eigenvalue weighted by Gasteiger charge is -2.60. The molecule has 2 heterocycles. The number of rotatable bonds is 22. The number of oxime groups is 1. The average molecular weight is 833 g/mol. The van der Waals surface area contributed by atoms with E-state index in [-0.39, 0.29) is 50.6 Å². The molecule has 1 unspecified atom stereocenters. The van der Waals surface area contributed by atoms with Crippen molar-refractivity contribution in [3.63, 3.8) is 0 Å². The van der Waals surface area contributed by atoms with Crippen molar-refractivity contribution < 1.29 is 43.5 Å². The number of hydrogen-bond donors (Lipinski definition) is 2. The molecule has 2 aliphatic heterocycles. The number of ether oxygens (including phenoxy) is 5. The number of fused-ring (bicyclic) bond motifs is 2. The molecule has 1 amide bonds. The van der Waals surface area contributed by atoms with Crippen LogP contribution >= 0.6 is 11.8 Å². The van der Waals surface area contributed by atoms with Gasteiger partial charge >= 0.3 is 6.09 Å². The highest BCUT2D eigenvalue weighted by Gasteiger charge is 2.65. The molecule has 0 spiro atoms. The lowest BCUT2D eigenvalue weighted by Crippen LogP contribution is -2.70. The molecule has 59 heavy (non-hydrogen) atoms. The number of carbonyl (C=O) groups is 1. The van der Waals surface area contributed by atoms with Crippen molar-refractivity contribution in [2.24, 2.45) is 22.9 Å². The standard InChI is InChI=1S/C47H64N2O9S/c1-5-8-28-54-46(52)49(24-6-2)42-32-40(48-58-43-17-11-14-29-53-43)38-30-33(15-9-12-25-50)37(16-10-13-26-51)44-39-31-35(56-34-18-21-36(59-4)22-19-34)20-23-41(39)57-47(42,45(38)44)55-27-7-3/h5,7,18-23,30-31,33,37,42-45,50-51H,1,3,6,8-17,24-29,32H2,2,4H3/t33-,37+,42-,43?,44+,45+,47+/m0/s1. The Morgan fingerprint density at radius 2 is 1.81 bits per heavy atom. The lowest BCUT2D eigenvalue weighted by atomic mass is 9.55. The third-order valence-electron chi connectivity index (χ3n) is 12.0. The van der Waals surface area contributed by atoms with E-state index in [0.29, 0.717) is 50.3 Å². The Labute approximate surface area is 354 Å². The van der Waals surface area contributed by atoms with Gasteiger partial charge in [-0.3, -0.25) is 4.90 Å². The van der Waals surface area contributed by atoms with Crippen LogP contribution in [0.5, 0.6) is 17.2 Å². The number of hydrogen-bond acceptors (Lipinski definition) is 11. The summed E-state index contributed by atoms with van der Waals surface area (Å²) in [4.78, 5) is 23.4. The summed E-state index contributed by atoms with van der Waals surface area (Å²) in [5, 5.41) is 24.8. The van der Waals surface area contributed by atoms with Crippen LogP contribution in [-0.4, -0.2) is 90.9 Å². The first-order chi connectivity index (χ1) is 28.9. The number of allylic oxidation sites excluding steroid dienone is 1. The number of carbonyl (C=O) groups excluding carboxylic acids is 1. The Morgan fingerprint density at radius 1 is 1.03 bits per heavy atom. The number of thioether (sulfide) groups is 1. The molecular weight excluding hydrogens is 769 g/mol. The van der Waals surface area contributed by atoms with Gasteiger partial charge in [0.25, 0.3) is 0 Å². The van der Waals surface area contributed by atoms with Crippen LogP contribution in [0.1, 0.15) is 95.5 Å². The second-order valence-corrected chi connectivity index (χ2v) is 16.7. The molecule has 2 aromatic rings. The van der Waals surface area contributed by atoms with Crippen molar-refractivity contribution in [3.8, 4) is 17.2 Å². The molecule has 2 fully saturated rings. The zero-order valence-electron chi connectivity index (χ0n) is 34.9. The fourth-order valence-corrected chi connectivity index (χ4v) is 9.74. The third-order valence-corrected chi connectivity index (χ3v) is 12.7. The monoisotopic (exact) mass is 832 g/mol. The summed E-state index contributed by atoms with van der Waals surface area (Å²) in [6.07, 6.45) is 15.9. The summed E-state index contributed by atoms with van der Waals surface area (Å²) < 4.78 is 32.8. The first kappa shape index (κ1) is 44.7. The molecule has 0 bridgehead atoms. The van der Waals surface area contributed by atoms with Crippen LogP contribution in [0, 0.1) is 17.8 Å². The number of aliphatic hydroxyl groups excluding tert-OH is 2. The van der Waals surface area contributed by atoms with E-state index in [1.54, 1.807) is 28.8 Å². The predicted octanol–water partition coefficient (Wildman–Crippen LogP) is 9.79. The molecule has 0 aromatic heterocycles. The highest BCUT2D eigenvalue weighted by Crippen LogP contribution is 2.62. The Morgan fingerprint density at radius 3 is 2.51 bits per heavy atom. The minimum absolute atomic E-state index is 0.0845. The topological polar surface area (TPSA) is 129 Å². The zero-order valence-corrected chi connectivity index (χ0v) is 35.8. The molecule has 322 valence electrons. The van der Waals surface area contributed by atoms with Crippen LogP contribution in [0.15, 0.2) is 89.5 Å². The van der Waals surface area contributed by atoms with E-state index in [4.69, 9.17) is 33.7 Å². The van der Waals surface area contributed by atoms with Crippen molar-refractivity contribution in [2.75, 3.05) is 45.8 Å². The number of benzene rings is 2. The smallest absolute Gasteiger partial charge is 0.410 e. The molecule has 11 nitrogen and oxygen atoms in total. The number of nitrogens with zero attached hydrogens (tertiary/aromatic N) is 2. The van der Waals surface area contributed by atoms with Crippen molar-refractivity contribution in [2.45, 2.75) is 113 Å². The van der Waals surface area contributed by atoms with Gasteiger partial charge in [0, 0.05) is 49.0 Å². The maximum absolute atomic E-state index is 14.3. The van der Waals surface area contributed by atoms with E-state index in [2.05, 4.69) is 25.3 Å². The van der Waals surface area contributed by atoms with Crippen LogP contribution < -0.4 is 9.47 Å². The maximum Gasteiger partial charge on any atom is 0.410 e. The van der Waals surface area contributed by atoms with Crippen LogP contribution in [0.2, 0.25) is 0 Å². The molecule has 12 heteroatoms. The van der Waals surface area contributed by atoms with Crippen molar-refractivity contribution in [1.29, 1.82) is 0 Å². The largest absolute Gasteiger partial charge is 0.459 e. The maximum atomic E-state index is 14.3. The molecule has 2 aromatic carbocycles. The first-order valence-corrected chi connectivity index (χ1v) is 22.9. The van der Waals surface area contributed by atoms with E-state index in [9.17, 15) is 15.0 Å². The molecule has 7 atom stereocenters. The summed E-state index contributed by atoms with van der Waals surface area (Å²) in [6.45, 7) is 11.5. The molecule has 2 aliphatic carbocycles. The molecule has 1 saturated heterocycles. The summed E-state index contributed by atoms with van der Waals surface area (Å²) >= 11 is 1.68. The Balaban J connectivity index is 1.56. The van der Waals surface area contributed by atoms with E-state index in [1.807, 2.05) is 49.6 Å². The minimum atomic E-state index is -1.37. The number of aliphatic hydroxyl groups is 2. The fraction of sp³-hybridized carbons (Fsp3) is 0.574. The van der Waals surface area contributed by atoms with Crippen LogP contribution in [-0.2, 0) is 19.0 Å². The highest BCUT2D eigenvalue weighted by atomic mass is 32.2. The van der Waals surface area contributed by atoms with Gasteiger partial charge in [0.05, 0.1) is 31.5 Å². The molecule has 2 N–H and O–H groups in total. The van der Waals surface area contributed by atoms with Gasteiger partial charge in [0.15, 0.2) is 0 Å². The molecule has 0 radical (unpaired) electrons. The molecule has 4 aliphatic rings. The van der Waals surface area contributed by atoms with Crippen molar-refractivity contribution >= 4 is 23.6 Å². The van der Waals surface area contributed by atoms with Crippen LogP contribution in [0.25, 0.3) is 0 Å². The van der Waals surface area contributed by atoms with Gasteiger partial charge in [-0.15, -0.1) is 24.9 Å². The van der Waals surface area contributed by atoms with Crippen LogP contribution in [0.4, 0.5) is 4.79 Å². The predicted molar refractivity (Wildman–Crippen MR) is 231 cm³/mol. The zero-order chi connectivity index (χ0) is 41.6. The average Bonchev–Trinajstić information content (AvgIpc) is 3.26. The quantitative estimate of drug-likeness (QED) is 0.0512. The van der Waals surface area contributed by atoms with E-state index in [1.165, 1.54) is 0 Å². The summed E-state index contributed by atoms with van der Waals surface area (Å²) in [5.41, 5.74) is 2.69. The van der Waals surface area contributed by atoms with E-state index >= 15 is 0 Å². The Bertz CT molecular complexity index is 1740. The first-order valence-electron chi connectivity index (χ1n) is 21.6. The Kier molecular flexibility index (Phi) is 16.8. The molecular formula is C47H64N2O9S. The van der Waals surface area contributed by atoms with E-state index < -0.39 is 30.1 Å². The number of unbranched alkanes of at least 4 members (excludes halogenated alkanes) is 2. The van der Waals surface area contributed by atoms with Crippen LogP contribution in [0.3, 0.4) is 0 Å². The summed E-state index contributed by atoms with van der Waals surface area (Å²) in [6, 6.07) is 13.4. The fourth-order valence-electron chi connectivity index (χ4n) is 9.34. The van der Waals surface area contributed by atoms with Crippen molar-refractivity contribution in [1.82, 2.24) is 4.90 Å². The highest BCUT2D eigenvalue weighted by molar-refractivity contribution is 7.98. The Hall–Kier alpha value is -3.81. The van der Waals surface area contributed by atoms with Crippen molar-refractivity contribution in [3.05, 3.63) is 85.0 Å². The lowest BCUT2D eigenvalue weighted by molar-refractivity contribution is -0.255. The summed E-state index contributed by atoms with van der Waals surface area (Å²) in [7, 11) is 0. The molecule has 6 rings (SSSR count). The van der Waals surface area contributed by atoms with Gasteiger partial charge in [0.2, 0.25) is 12.1 Å². The van der Waals surface area contributed by atoms with Gasteiger partial charge in [-0.1, -0.05) is 43.1 Å². The number of amides is 1. The third kappa shape index (κ3) is 10.6. The van der Waals surface area contributed by atoms with Gasteiger partial charge < -0.3 is 38.7 Å². The summed E-state index contributed by atoms with van der Waals surface area (Å²) in [5.74, 6) is 0.281. The van der Waals surface area contributed by atoms with Gasteiger partial charge in [-0.2, -0.15) is 0 Å². The normalized spacial score (nSPS) is 26.4. The second-order valence-electron chi connectivity index (χ2n) is 15.8. The second kappa shape index (κ2) is 22.2. The van der Waals surface area contributed by atoms with E-state index in [0.717, 1.165) is 72.4 Å². The minimum Gasteiger partial charge on any atom is -0.459 e. The molecule has 1 saturated carbocycles. The van der Waals surface area contributed by atoms with Gasteiger partial charge in [-0.05, 0) is 117 Å². The van der Waals surface area contributed by atoms with Gasteiger partial charge in [0.1, 0.15) is 23.3 Å². The van der Waals surface area contributed by atoms with Gasteiger partial charge in [-0.25, -0.2) is 4.79 Å².